The molecule has 1 aromatic heterocycles. The molecule has 0 aliphatic heterocycles. The molecule has 98 valence electrons. The lowest BCUT2D eigenvalue weighted by atomic mass is 10.2. The van der Waals surface area contributed by atoms with Crippen LogP contribution < -0.4 is 10.6 Å². The molecule has 0 saturated carbocycles. The molecule has 1 aromatic carbocycles. The third-order valence-corrected chi connectivity index (χ3v) is 3.23. The molecule has 0 saturated heterocycles. The molecule has 0 spiro atoms. The van der Waals surface area contributed by atoms with E-state index in [0.717, 1.165) is 11.3 Å². The Hall–Kier alpha value is -1.36. The second-order valence-electron chi connectivity index (χ2n) is 3.78. The summed E-state index contributed by atoms with van der Waals surface area (Å²) >= 11 is 17.1. The van der Waals surface area contributed by atoms with Crippen LogP contribution in [0.25, 0.3) is 0 Å². The highest BCUT2D eigenvalue weighted by molar-refractivity contribution is 7.80. The van der Waals surface area contributed by atoms with E-state index in [4.69, 9.17) is 35.4 Å². The Bertz CT molecular complexity index is 575. The van der Waals surface area contributed by atoms with Crippen LogP contribution in [0.2, 0.25) is 10.0 Å². The van der Waals surface area contributed by atoms with Gasteiger partial charge in [0.25, 0.3) is 0 Å². The van der Waals surface area contributed by atoms with Crippen molar-refractivity contribution in [1.82, 2.24) is 10.3 Å². The molecule has 0 bridgehead atoms. The van der Waals surface area contributed by atoms with E-state index in [1.807, 2.05) is 18.2 Å². The van der Waals surface area contributed by atoms with Crippen molar-refractivity contribution >= 4 is 46.2 Å². The average Bonchev–Trinajstić information content (AvgIpc) is 2.39. The van der Waals surface area contributed by atoms with Crippen LogP contribution >= 0.6 is 35.4 Å². The first kappa shape index (κ1) is 14.1. The lowest BCUT2D eigenvalue weighted by molar-refractivity contribution is 0.926. The second-order valence-corrected chi connectivity index (χ2v) is 5.03. The first-order valence-corrected chi connectivity index (χ1v) is 6.70. The van der Waals surface area contributed by atoms with Crippen LogP contribution in [0.3, 0.4) is 0 Å². The highest BCUT2D eigenvalue weighted by Gasteiger charge is 2.02. The lowest BCUT2D eigenvalue weighted by Crippen LogP contribution is -2.27. The van der Waals surface area contributed by atoms with Crippen molar-refractivity contribution in [3.8, 4) is 0 Å². The SMILES string of the molecule is S=C(NCc1ccc(Cl)cc1Cl)Nc1ccncc1. The number of rotatable bonds is 3. The summed E-state index contributed by atoms with van der Waals surface area (Å²) < 4.78 is 0. The van der Waals surface area contributed by atoms with Gasteiger partial charge in [0, 0.05) is 34.7 Å². The van der Waals surface area contributed by atoms with E-state index >= 15 is 0 Å². The number of halogens is 2. The van der Waals surface area contributed by atoms with Gasteiger partial charge in [0.05, 0.1) is 0 Å². The average molecular weight is 312 g/mol. The summed E-state index contributed by atoms with van der Waals surface area (Å²) in [7, 11) is 0. The molecular formula is C13H11Cl2N3S. The number of hydrogen-bond donors (Lipinski definition) is 2. The van der Waals surface area contributed by atoms with Crippen molar-refractivity contribution < 1.29 is 0 Å². The number of hydrogen-bond acceptors (Lipinski definition) is 2. The van der Waals surface area contributed by atoms with E-state index in [-0.39, 0.29) is 0 Å². The molecule has 0 unspecified atom stereocenters. The van der Waals surface area contributed by atoms with Gasteiger partial charge in [-0.15, -0.1) is 0 Å². The molecule has 2 aromatic rings. The van der Waals surface area contributed by atoms with Crippen LogP contribution in [0.15, 0.2) is 42.7 Å². The lowest BCUT2D eigenvalue weighted by Gasteiger charge is -2.11. The zero-order chi connectivity index (χ0) is 13.7. The van der Waals surface area contributed by atoms with Crippen molar-refractivity contribution in [3.63, 3.8) is 0 Å². The number of aromatic nitrogens is 1. The van der Waals surface area contributed by atoms with Gasteiger partial charge in [-0.2, -0.15) is 0 Å². The Labute approximate surface area is 127 Å². The van der Waals surface area contributed by atoms with Gasteiger partial charge in [-0.3, -0.25) is 4.98 Å². The number of anilines is 1. The Balaban J connectivity index is 1.90. The summed E-state index contributed by atoms with van der Waals surface area (Å²) in [5.41, 5.74) is 1.82. The van der Waals surface area contributed by atoms with Gasteiger partial charge in [-0.25, -0.2) is 0 Å². The van der Waals surface area contributed by atoms with Gasteiger partial charge in [0.15, 0.2) is 5.11 Å². The van der Waals surface area contributed by atoms with Gasteiger partial charge < -0.3 is 10.6 Å². The van der Waals surface area contributed by atoms with Crippen molar-refractivity contribution in [2.24, 2.45) is 0 Å². The molecule has 1 heterocycles. The normalized spacial score (nSPS) is 10.0. The molecule has 0 aliphatic carbocycles. The molecular weight excluding hydrogens is 301 g/mol. The molecule has 2 N–H and O–H groups in total. The van der Waals surface area contributed by atoms with Crippen LogP contribution in [0.5, 0.6) is 0 Å². The molecule has 19 heavy (non-hydrogen) atoms. The van der Waals surface area contributed by atoms with Crippen molar-refractivity contribution in [2.45, 2.75) is 6.54 Å². The zero-order valence-electron chi connectivity index (χ0n) is 9.86. The van der Waals surface area contributed by atoms with Gasteiger partial charge in [0.2, 0.25) is 0 Å². The number of nitrogens with zero attached hydrogens (tertiary/aromatic N) is 1. The zero-order valence-corrected chi connectivity index (χ0v) is 12.2. The minimum atomic E-state index is 0.525. The van der Waals surface area contributed by atoms with Crippen LogP contribution in [0.1, 0.15) is 5.56 Å². The maximum atomic E-state index is 6.08. The van der Waals surface area contributed by atoms with E-state index in [1.54, 1.807) is 24.5 Å². The Morgan fingerprint density at radius 3 is 2.58 bits per heavy atom. The highest BCUT2D eigenvalue weighted by Crippen LogP contribution is 2.20. The number of pyridine rings is 1. The van der Waals surface area contributed by atoms with Crippen LogP contribution in [-0.2, 0) is 6.54 Å². The Morgan fingerprint density at radius 1 is 1.16 bits per heavy atom. The fraction of sp³-hybridized carbons (Fsp3) is 0.0769. The smallest absolute Gasteiger partial charge is 0.171 e. The van der Waals surface area contributed by atoms with Crippen LogP contribution in [0, 0.1) is 0 Å². The molecule has 2 rings (SSSR count). The fourth-order valence-electron chi connectivity index (χ4n) is 1.45. The van der Waals surface area contributed by atoms with Gasteiger partial charge in [0.1, 0.15) is 0 Å². The Morgan fingerprint density at radius 2 is 1.89 bits per heavy atom. The summed E-state index contributed by atoms with van der Waals surface area (Å²) in [5.74, 6) is 0. The van der Waals surface area contributed by atoms with Crippen molar-refractivity contribution in [2.75, 3.05) is 5.32 Å². The molecule has 0 amide bonds. The van der Waals surface area contributed by atoms with E-state index in [9.17, 15) is 0 Å². The van der Waals surface area contributed by atoms with Gasteiger partial charge in [-0.1, -0.05) is 29.3 Å². The van der Waals surface area contributed by atoms with E-state index in [0.29, 0.717) is 21.7 Å². The summed E-state index contributed by atoms with van der Waals surface area (Å²) in [5, 5.41) is 7.89. The van der Waals surface area contributed by atoms with Gasteiger partial charge >= 0.3 is 0 Å². The number of benzene rings is 1. The second kappa shape index (κ2) is 6.70. The largest absolute Gasteiger partial charge is 0.358 e. The summed E-state index contributed by atoms with van der Waals surface area (Å²) in [6, 6.07) is 9.04. The summed E-state index contributed by atoms with van der Waals surface area (Å²) in [6.07, 6.45) is 3.39. The third kappa shape index (κ3) is 4.35. The van der Waals surface area contributed by atoms with E-state index in [2.05, 4.69) is 15.6 Å². The van der Waals surface area contributed by atoms with Crippen LogP contribution in [0.4, 0.5) is 5.69 Å². The first-order valence-electron chi connectivity index (χ1n) is 5.54. The minimum Gasteiger partial charge on any atom is -0.358 e. The van der Waals surface area contributed by atoms with Gasteiger partial charge in [-0.05, 0) is 42.0 Å². The maximum absolute atomic E-state index is 6.08. The summed E-state index contributed by atoms with van der Waals surface area (Å²) in [4.78, 5) is 3.93. The van der Waals surface area contributed by atoms with Crippen molar-refractivity contribution in [3.05, 3.63) is 58.3 Å². The summed E-state index contributed by atoms with van der Waals surface area (Å²) in [6.45, 7) is 0.535. The molecule has 0 fully saturated rings. The van der Waals surface area contributed by atoms with Crippen LogP contribution in [-0.4, -0.2) is 10.1 Å². The molecule has 3 nitrogen and oxygen atoms in total. The highest BCUT2D eigenvalue weighted by atomic mass is 35.5. The quantitative estimate of drug-likeness (QED) is 0.844. The standard InChI is InChI=1S/C13H11Cl2N3S/c14-10-2-1-9(12(15)7-10)8-17-13(19)18-11-3-5-16-6-4-11/h1-7H,8H2,(H2,16,17,18,19). The van der Waals surface area contributed by atoms with E-state index < -0.39 is 0 Å². The topological polar surface area (TPSA) is 37.0 Å². The fourth-order valence-corrected chi connectivity index (χ4v) is 2.12. The molecule has 6 heteroatoms. The molecule has 0 aliphatic rings. The molecule has 0 atom stereocenters. The minimum absolute atomic E-state index is 0.525. The predicted molar refractivity (Wildman–Crippen MR) is 83.8 cm³/mol. The monoisotopic (exact) mass is 311 g/mol. The van der Waals surface area contributed by atoms with E-state index in [1.165, 1.54) is 0 Å². The number of thiocarbonyl (C=S) groups is 1. The Kier molecular flexibility index (Phi) is 4.96. The number of nitrogens with one attached hydrogen (secondary N) is 2. The molecule has 0 radical (unpaired) electrons. The van der Waals surface area contributed by atoms with Crippen molar-refractivity contribution in [1.29, 1.82) is 0 Å². The predicted octanol–water partition coefficient (Wildman–Crippen LogP) is 3.88. The first-order chi connectivity index (χ1) is 9.15. The maximum Gasteiger partial charge on any atom is 0.171 e. The third-order valence-electron chi connectivity index (χ3n) is 2.39.